The second kappa shape index (κ2) is 7.82. The van der Waals surface area contributed by atoms with Gasteiger partial charge in [0.15, 0.2) is 0 Å². The zero-order valence-corrected chi connectivity index (χ0v) is 14.7. The summed E-state index contributed by atoms with van der Waals surface area (Å²) in [6.07, 6.45) is 6.55. The first-order chi connectivity index (χ1) is 11.1. The number of hydrogen-bond acceptors (Lipinski definition) is 1. The van der Waals surface area contributed by atoms with E-state index < -0.39 is 0 Å². The first-order valence-electron chi connectivity index (χ1n) is 8.36. The maximum Gasteiger partial charge on any atom is 0.0349 e. The van der Waals surface area contributed by atoms with Crippen LogP contribution < -0.4 is 5.73 Å². The van der Waals surface area contributed by atoms with Crippen LogP contribution in [0.2, 0.25) is 0 Å². The lowest BCUT2D eigenvalue weighted by Gasteiger charge is -2.12. The van der Waals surface area contributed by atoms with E-state index >= 15 is 0 Å². The average Bonchev–Trinajstić information content (AvgIpc) is 2.55. The summed E-state index contributed by atoms with van der Waals surface area (Å²) in [5.41, 5.74) is 14.4. The molecule has 0 aliphatic heterocycles. The van der Waals surface area contributed by atoms with Gasteiger partial charge in [-0.3, -0.25) is 0 Å². The minimum Gasteiger partial charge on any atom is -0.398 e. The van der Waals surface area contributed by atoms with Crippen molar-refractivity contribution in [1.29, 1.82) is 0 Å². The van der Waals surface area contributed by atoms with Crippen molar-refractivity contribution < 1.29 is 0 Å². The fraction of sp³-hybridized carbons (Fsp3) is 0.273. The van der Waals surface area contributed by atoms with Gasteiger partial charge in [0, 0.05) is 5.69 Å². The van der Waals surface area contributed by atoms with Crippen LogP contribution in [0.1, 0.15) is 49.4 Å². The molecule has 1 heteroatoms. The van der Waals surface area contributed by atoms with E-state index in [-0.39, 0.29) is 0 Å². The van der Waals surface area contributed by atoms with Crippen LogP contribution in [-0.2, 0) is 6.42 Å². The average molecular weight is 305 g/mol. The molecule has 2 rings (SSSR count). The number of nitrogen functional groups attached to an aromatic ring is 1. The maximum absolute atomic E-state index is 6.11. The first kappa shape index (κ1) is 17.1. The third kappa shape index (κ3) is 4.13. The van der Waals surface area contributed by atoms with E-state index in [0.717, 1.165) is 17.7 Å². The van der Waals surface area contributed by atoms with Gasteiger partial charge in [0.1, 0.15) is 0 Å². The molecule has 2 aromatic carbocycles. The minimum atomic E-state index is 0.844. The lowest BCUT2D eigenvalue weighted by molar-refractivity contribution is 0.921. The normalized spacial score (nSPS) is 12.5. The summed E-state index contributed by atoms with van der Waals surface area (Å²) in [5.74, 6) is 0. The third-order valence-corrected chi connectivity index (χ3v) is 4.23. The van der Waals surface area contributed by atoms with Gasteiger partial charge < -0.3 is 5.73 Å². The second-order valence-electron chi connectivity index (χ2n) is 6.06. The molecule has 0 saturated heterocycles. The van der Waals surface area contributed by atoms with Crippen molar-refractivity contribution in [2.24, 2.45) is 0 Å². The molecule has 0 aliphatic carbocycles. The van der Waals surface area contributed by atoms with Crippen molar-refractivity contribution in [3.05, 3.63) is 76.9 Å². The van der Waals surface area contributed by atoms with Crippen LogP contribution in [0.5, 0.6) is 0 Å². The molecule has 0 unspecified atom stereocenters. The van der Waals surface area contributed by atoms with Crippen LogP contribution in [-0.4, -0.2) is 0 Å². The molecule has 0 radical (unpaired) electrons. The molecule has 0 saturated carbocycles. The molecule has 120 valence electrons. The highest BCUT2D eigenvalue weighted by Crippen LogP contribution is 2.29. The van der Waals surface area contributed by atoms with Gasteiger partial charge in [-0.1, -0.05) is 61.9 Å². The Hall–Kier alpha value is -2.28. The molecule has 0 amide bonds. The van der Waals surface area contributed by atoms with Crippen LogP contribution in [0.25, 0.3) is 11.1 Å². The number of allylic oxidation sites excluding steroid dienone is 4. The van der Waals surface area contributed by atoms with E-state index in [4.69, 9.17) is 5.73 Å². The Morgan fingerprint density at radius 1 is 1.09 bits per heavy atom. The number of hydrogen-bond donors (Lipinski definition) is 1. The van der Waals surface area contributed by atoms with Crippen molar-refractivity contribution in [2.75, 3.05) is 5.73 Å². The summed E-state index contributed by atoms with van der Waals surface area (Å²) < 4.78 is 0. The lowest BCUT2D eigenvalue weighted by Crippen LogP contribution is -1.94. The van der Waals surface area contributed by atoms with Gasteiger partial charge in [-0.25, -0.2) is 0 Å². The Kier molecular flexibility index (Phi) is 5.81. The summed E-state index contributed by atoms with van der Waals surface area (Å²) >= 11 is 0. The van der Waals surface area contributed by atoms with Crippen molar-refractivity contribution in [3.8, 4) is 0 Å². The molecule has 0 fully saturated rings. The lowest BCUT2D eigenvalue weighted by atomic mass is 9.93. The van der Waals surface area contributed by atoms with Gasteiger partial charge in [-0.2, -0.15) is 0 Å². The summed E-state index contributed by atoms with van der Waals surface area (Å²) in [6.45, 7) is 8.50. The molecule has 0 bridgehead atoms. The van der Waals surface area contributed by atoms with Gasteiger partial charge in [-0.15, -0.1) is 0 Å². The van der Waals surface area contributed by atoms with Crippen LogP contribution >= 0.6 is 0 Å². The zero-order chi connectivity index (χ0) is 16.8. The number of aryl methyl sites for hydroxylation is 2. The molecule has 2 N–H and O–H groups in total. The van der Waals surface area contributed by atoms with Crippen LogP contribution in [0.3, 0.4) is 0 Å². The molecule has 0 heterocycles. The Morgan fingerprint density at radius 2 is 1.87 bits per heavy atom. The number of benzene rings is 2. The molecular weight excluding hydrogens is 278 g/mol. The van der Waals surface area contributed by atoms with Crippen molar-refractivity contribution in [2.45, 2.75) is 40.5 Å². The smallest absolute Gasteiger partial charge is 0.0349 e. The van der Waals surface area contributed by atoms with E-state index in [0.29, 0.717) is 0 Å². The Balaban J connectivity index is 2.55. The van der Waals surface area contributed by atoms with Gasteiger partial charge in [0.05, 0.1) is 0 Å². The Labute approximate surface area is 140 Å². The fourth-order valence-electron chi connectivity index (χ4n) is 2.82. The van der Waals surface area contributed by atoms with Crippen LogP contribution in [0.15, 0.2) is 54.6 Å². The van der Waals surface area contributed by atoms with Gasteiger partial charge in [0.25, 0.3) is 0 Å². The Morgan fingerprint density at radius 3 is 2.52 bits per heavy atom. The van der Waals surface area contributed by atoms with Crippen LogP contribution in [0, 0.1) is 6.92 Å². The maximum atomic E-state index is 6.11. The predicted molar refractivity (Wildman–Crippen MR) is 103 cm³/mol. The molecule has 0 aromatic heterocycles. The minimum absolute atomic E-state index is 0.844. The number of anilines is 1. The largest absolute Gasteiger partial charge is 0.398 e. The quantitative estimate of drug-likeness (QED) is 0.407. The van der Waals surface area contributed by atoms with Gasteiger partial charge in [-0.05, 0) is 66.7 Å². The number of nitrogens with two attached hydrogens (primary N) is 1. The Bertz CT molecular complexity index is 735. The van der Waals surface area contributed by atoms with E-state index in [2.05, 4.69) is 75.4 Å². The van der Waals surface area contributed by atoms with Crippen molar-refractivity contribution in [3.63, 3.8) is 0 Å². The van der Waals surface area contributed by atoms with E-state index in [1.165, 1.54) is 34.3 Å². The van der Waals surface area contributed by atoms with Gasteiger partial charge >= 0.3 is 0 Å². The SMILES string of the molecule is C/C=C\C(=C(/C)c1cccc(CCC)c1)c1ccc(C)c(N)c1. The van der Waals surface area contributed by atoms with E-state index in [1.807, 2.05) is 6.92 Å². The van der Waals surface area contributed by atoms with E-state index in [1.54, 1.807) is 0 Å². The molecule has 2 aromatic rings. The monoisotopic (exact) mass is 305 g/mol. The molecule has 0 spiro atoms. The summed E-state index contributed by atoms with van der Waals surface area (Å²) in [5, 5.41) is 0. The molecule has 0 aliphatic rings. The van der Waals surface area contributed by atoms with Crippen LogP contribution in [0.4, 0.5) is 5.69 Å². The predicted octanol–water partition coefficient (Wildman–Crippen LogP) is 6.04. The highest BCUT2D eigenvalue weighted by atomic mass is 14.6. The van der Waals surface area contributed by atoms with Gasteiger partial charge in [0.2, 0.25) is 0 Å². The standard InChI is InChI=1S/C22H27N/c1-5-8-18-10-7-11-19(14-18)17(4)21(9-6-2)20-13-12-16(3)22(23)15-20/h6-7,9-15H,5,8,23H2,1-4H3/b9-6-,21-17-. The molecule has 23 heavy (non-hydrogen) atoms. The molecule has 1 nitrogen and oxygen atoms in total. The summed E-state index contributed by atoms with van der Waals surface area (Å²) in [6, 6.07) is 15.2. The topological polar surface area (TPSA) is 26.0 Å². The van der Waals surface area contributed by atoms with Crippen molar-refractivity contribution >= 4 is 16.8 Å². The summed E-state index contributed by atoms with van der Waals surface area (Å²) in [4.78, 5) is 0. The highest BCUT2D eigenvalue weighted by Gasteiger charge is 2.07. The summed E-state index contributed by atoms with van der Waals surface area (Å²) in [7, 11) is 0. The fourth-order valence-corrected chi connectivity index (χ4v) is 2.82. The zero-order valence-electron chi connectivity index (χ0n) is 14.7. The second-order valence-corrected chi connectivity index (χ2v) is 6.06. The molecular formula is C22H27N. The third-order valence-electron chi connectivity index (χ3n) is 4.23. The van der Waals surface area contributed by atoms with E-state index in [9.17, 15) is 0 Å². The van der Waals surface area contributed by atoms with Crippen molar-refractivity contribution in [1.82, 2.24) is 0 Å². The highest BCUT2D eigenvalue weighted by molar-refractivity contribution is 5.95. The number of rotatable bonds is 5. The first-order valence-corrected chi connectivity index (χ1v) is 8.36. The molecule has 0 atom stereocenters.